The molecule has 11 heavy (non-hydrogen) atoms. The fourth-order valence-corrected chi connectivity index (χ4v) is 1.45. The maximum absolute atomic E-state index is 10.3. The van der Waals surface area contributed by atoms with Gasteiger partial charge in [-0.2, -0.15) is 0 Å². The van der Waals surface area contributed by atoms with Gasteiger partial charge >= 0.3 is 0 Å². The van der Waals surface area contributed by atoms with Crippen LogP contribution < -0.4 is 0 Å². The van der Waals surface area contributed by atoms with Gasteiger partial charge < -0.3 is 9.29 Å². The molecule has 0 aromatic heterocycles. The minimum absolute atomic E-state index is 0.347. The van der Waals surface area contributed by atoms with Gasteiger partial charge in [-0.05, 0) is 0 Å². The molecule has 1 heterocycles. The molecule has 4 nitrogen and oxygen atoms in total. The lowest BCUT2D eigenvalue weighted by Crippen LogP contribution is -2.38. The van der Waals surface area contributed by atoms with E-state index in [0.717, 1.165) is 26.3 Å². The number of hydrogen-bond donors (Lipinski definition) is 1. The second kappa shape index (κ2) is 4.82. The molecule has 5 heteroatoms. The van der Waals surface area contributed by atoms with Crippen molar-refractivity contribution in [3.05, 3.63) is 0 Å². The van der Waals surface area contributed by atoms with E-state index in [2.05, 4.69) is 4.90 Å². The van der Waals surface area contributed by atoms with Crippen molar-refractivity contribution in [2.24, 2.45) is 0 Å². The molecule has 0 aromatic rings. The van der Waals surface area contributed by atoms with Crippen molar-refractivity contribution >= 4 is 11.1 Å². The van der Waals surface area contributed by atoms with E-state index in [1.54, 1.807) is 0 Å². The van der Waals surface area contributed by atoms with Crippen molar-refractivity contribution in [2.75, 3.05) is 38.6 Å². The van der Waals surface area contributed by atoms with Crippen LogP contribution in [0, 0.1) is 0 Å². The molecule has 1 fully saturated rings. The normalized spacial score (nSPS) is 23.4. The van der Waals surface area contributed by atoms with Crippen LogP contribution >= 0.6 is 0 Å². The van der Waals surface area contributed by atoms with Crippen molar-refractivity contribution < 1.29 is 13.5 Å². The largest absolute Gasteiger partial charge is 0.379 e. The Hall–Kier alpha value is 0.0300. The average molecular weight is 179 g/mol. The van der Waals surface area contributed by atoms with Crippen molar-refractivity contribution in [3.8, 4) is 0 Å². The van der Waals surface area contributed by atoms with E-state index >= 15 is 0 Å². The maximum Gasteiger partial charge on any atom is 0.154 e. The first-order valence-corrected chi connectivity index (χ1v) is 4.94. The molecule has 0 aromatic carbocycles. The topological polar surface area (TPSA) is 49.8 Å². The predicted molar refractivity (Wildman–Crippen MR) is 42.9 cm³/mol. The monoisotopic (exact) mass is 179 g/mol. The molecule has 1 unspecified atom stereocenters. The summed E-state index contributed by atoms with van der Waals surface area (Å²) in [5, 5.41) is 0. The van der Waals surface area contributed by atoms with E-state index < -0.39 is 11.1 Å². The molecular formula is C6H13NO3S. The zero-order valence-corrected chi connectivity index (χ0v) is 7.18. The van der Waals surface area contributed by atoms with Gasteiger partial charge in [-0.3, -0.25) is 4.90 Å². The van der Waals surface area contributed by atoms with Crippen LogP contribution in [0.1, 0.15) is 0 Å². The molecule has 1 rings (SSSR count). The van der Waals surface area contributed by atoms with Crippen molar-refractivity contribution in [2.45, 2.75) is 0 Å². The van der Waals surface area contributed by atoms with Gasteiger partial charge in [-0.25, -0.2) is 4.21 Å². The van der Waals surface area contributed by atoms with Gasteiger partial charge in [0.05, 0.1) is 19.0 Å². The molecular weight excluding hydrogens is 166 g/mol. The maximum atomic E-state index is 10.3. The molecule has 66 valence electrons. The smallest absolute Gasteiger partial charge is 0.154 e. The van der Waals surface area contributed by atoms with Crippen LogP contribution in [0.5, 0.6) is 0 Å². The van der Waals surface area contributed by atoms with E-state index in [1.807, 2.05) is 0 Å². The Morgan fingerprint density at radius 2 is 2.09 bits per heavy atom. The van der Waals surface area contributed by atoms with Crippen LogP contribution in [-0.4, -0.2) is 52.3 Å². The van der Waals surface area contributed by atoms with Crippen LogP contribution in [0.3, 0.4) is 0 Å². The summed E-state index contributed by atoms with van der Waals surface area (Å²) in [5.41, 5.74) is 0. The predicted octanol–water partition coefficient (Wildman–Crippen LogP) is -0.460. The Morgan fingerprint density at radius 1 is 1.45 bits per heavy atom. The van der Waals surface area contributed by atoms with Gasteiger partial charge in [0.1, 0.15) is 0 Å². The zero-order chi connectivity index (χ0) is 8.10. The zero-order valence-electron chi connectivity index (χ0n) is 6.36. The highest BCUT2D eigenvalue weighted by atomic mass is 32.2. The molecule has 1 atom stereocenters. The standard InChI is InChI=1S/C6H13NO3S/c8-11(9)6-3-7-1-4-10-5-2-7/h1-6H2,(H,8,9). The molecule has 0 radical (unpaired) electrons. The molecule has 1 aliphatic rings. The third-order valence-corrected chi connectivity index (χ3v) is 2.22. The fourth-order valence-electron chi connectivity index (χ4n) is 1.03. The van der Waals surface area contributed by atoms with E-state index in [9.17, 15) is 4.21 Å². The molecule has 0 aliphatic carbocycles. The first-order chi connectivity index (χ1) is 5.29. The summed E-state index contributed by atoms with van der Waals surface area (Å²) in [6.45, 7) is 3.97. The summed E-state index contributed by atoms with van der Waals surface area (Å²) < 4.78 is 23.9. The van der Waals surface area contributed by atoms with Crippen molar-refractivity contribution in [1.29, 1.82) is 0 Å². The summed E-state index contributed by atoms with van der Waals surface area (Å²) in [4.78, 5) is 2.14. The average Bonchev–Trinajstić information content (AvgIpc) is 2.03. The highest BCUT2D eigenvalue weighted by Gasteiger charge is 2.09. The van der Waals surface area contributed by atoms with Crippen LogP contribution in [0.2, 0.25) is 0 Å². The first-order valence-electron chi connectivity index (χ1n) is 3.66. The highest BCUT2D eigenvalue weighted by Crippen LogP contribution is 1.95. The quantitative estimate of drug-likeness (QED) is 0.596. The van der Waals surface area contributed by atoms with Gasteiger partial charge in [0, 0.05) is 19.6 Å². The van der Waals surface area contributed by atoms with E-state index in [4.69, 9.17) is 9.29 Å². The highest BCUT2D eigenvalue weighted by molar-refractivity contribution is 7.79. The lowest BCUT2D eigenvalue weighted by Gasteiger charge is -2.25. The van der Waals surface area contributed by atoms with E-state index in [-0.39, 0.29) is 0 Å². The second-order valence-corrected chi connectivity index (χ2v) is 3.53. The summed E-state index contributed by atoms with van der Waals surface area (Å²) >= 11 is -1.65. The minimum atomic E-state index is -1.65. The number of nitrogens with zero attached hydrogens (tertiary/aromatic N) is 1. The van der Waals surface area contributed by atoms with Gasteiger partial charge in [0.2, 0.25) is 0 Å². The van der Waals surface area contributed by atoms with Crippen molar-refractivity contribution in [1.82, 2.24) is 4.90 Å². The number of morpholine rings is 1. The summed E-state index contributed by atoms with van der Waals surface area (Å²) in [6.07, 6.45) is 0. The van der Waals surface area contributed by atoms with Gasteiger partial charge in [-0.1, -0.05) is 0 Å². The summed E-state index contributed by atoms with van der Waals surface area (Å²) in [5.74, 6) is 0.347. The van der Waals surface area contributed by atoms with E-state index in [1.165, 1.54) is 0 Å². The molecule has 0 spiro atoms. The molecule has 1 N–H and O–H groups in total. The Labute approximate surface area is 68.8 Å². The van der Waals surface area contributed by atoms with Gasteiger partial charge in [-0.15, -0.1) is 0 Å². The Morgan fingerprint density at radius 3 is 2.64 bits per heavy atom. The Kier molecular flexibility index (Phi) is 3.99. The van der Waals surface area contributed by atoms with Crippen LogP contribution in [0.25, 0.3) is 0 Å². The lowest BCUT2D eigenvalue weighted by atomic mass is 10.4. The third kappa shape index (κ3) is 3.81. The number of rotatable bonds is 3. The van der Waals surface area contributed by atoms with Crippen LogP contribution in [-0.2, 0) is 15.8 Å². The lowest BCUT2D eigenvalue weighted by molar-refractivity contribution is 0.0408. The molecule has 0 saturated carbocycles. The summed E-state index contributed by atoms with van der Waals surface area (Å²) in [7, 11) is 0. The molecule has 0 bridgehead atoms. The SMILES string of the molecule is O=S(O)CCN1CCOCC1. The minimum Gasteiger partial charge on any atom is -0.379 e. The van der Waals surface area contributed by atoms with Gasteiger partial charge in [0.15, 0.2) is 11.1 Å². The Balaban J connectivity index is 2.09. The first kappa shape index (κ1) is 9.12. The Bertz CT molecular complexity index is 136. The molecule has 1 aliphatic heterocycles. The number of hydrogen-bond acceptors (Lipinski definition) is 3. The van der Waals surface area contributed by atoms with E-state index in [0.29, 0.717) is 12.3 Å². The number of ether oxygens (including phenoxy) is 1. The second-order valence-electron chi connectivity index (χ2n) is 2.48. The molecule has 1 saturated heterocycles. The fraction of sp³-hybridized carbons (Fsp3) is 1.00. The van der Waals surface area contributed by atoms with Crippen molar-refractivity contribution in [3.63, 3.8) is 0 Å². The summed E-state index contributed by atoms with van der Waals surface area (Å²) in [6, 6.07) is 0. The molecule has 0 amide bonds. The van der Waals surface area contributed by atoms with Gasteiger partial charge in [0.25, 0.3) is 0 Å². The third-order valence-electron chi connectivity index (χ3n) is 1.69. The van der Waals surface area contributed by atoms with Crippen LogP contribution in [0.15, 0.2) is 0 Å². The van der Waals surface area contributed by atoms with Crippen LogP contribution in [0.4, 0.5) is 0 Å².